The first-order chi connectivity index (χ1) is 8.34. The van der Waals surface area contributed by atoms with Crippen LogP contribution in [0.25, 0.3) is 10.1 Å². The summed E-state index contributed by atoms with van der Waals surface area (Å²) >= 11 is 1.77. The molecule has 0 aliphatic carbocycles. The summed E-state index contributed by atoms with van der Waals surface area (Å²) in [7, 11) is 2.21. The van der Waals surface area contributed by atoms with E-state index < -0.39 is 0 Å². The Kier molecular flexibility index (Phi) is 2.99. The van der Waals surface area contributed by atoms with Gasteiger partial charge >= 0.3 is 0 Å². The summed E-state index contributed by atoms with van der Waals surface area (Å²) in [6, 6.07) is 4.88. The first-order valence-electron chi connectivity index (χ1n) is 6.11. The van der Waals surface area contributed by atoms with E-state index in [1.807, 2.05) is 6.20 Å². The quantitative estimate of drug-likeness (QED) is 0.904. The number of nitrogens with one attached hydrogen (secondary N) is 1. The zero-order valence-corrected chi connectivity index (χ0v) is 10.8. The summed E-state index contributed by atoms with van der Waals surface area (Å²) in [5.74, 6) is 1.03. The lowest BCUT2D eigenvalue weighted by atomic mass is 10.2. The van der Waals surface area contributed by atoms with E-state index in [-0.39, 0.29) is 0 Å². The highest BCUT2D eigenvalue weighted by molar-refractivity contribution is 7.17. The molecule has 4 heteroatoms. The largest absolute Gasteiger partial charge is 0.368 e. The lowest BCUT2D eigenvalue weighted by Crippen LogP contribution is -2.31. The second kappa shape index (κ2) is 4.63. The molecule has 0 bridgehead atoms. The summed E-state index contributed by atoms with van der Waals surface area (Å²) in [6.45, 7) is 2.22. The number of nitrogens with zero attached hydrogens (tertiary/aromatic N) is 2. The Balaban J connectivity index is 1.74. The molecule has 3 heterocycles. The fraction of sp³-hybridized carbons (Fsp3) is 0.462. The van der Waals surface area contributed by atoms with Crippen molar-refractivity contribution in [3.63, 3.8) is 0 Å². The van der Waals surface area contributed by atoms with Crippen LogP contribution in [0.15, 0.2) is 23.7 Å². The van der Waals surface area contributed by atoms with E-state index in [4.69, 9.17) is 0 Å². The number of anilines is 1. The molecule has 0 amide bonds. The predicted molar refractivity (Wildman–Crippen MR) is 73.8 cm³/mol. The molecule has 1 saturated heterocycles. The third-order valence-electron chi connectivity index (χ3n) is 3.56. The van der Waals surface area contributed by atoms with Crippen LogP contribution in [0.3, 0.4) is 0 Å². The Bertz CT molecular complexity index is 508. The molecule has 17 heavy (non-hydrogen) atoms. The minimum Gasteiger partial charge on any atom is -0.368 e. The van der Waals surface area contributed by atoms with Gasteiger partial charge in [-0.2, -0.15) is 0 Å². The number of fused-ring (bicyclic) bond motifs is 1. The third kappa shape index (κ3) is 2.15. The molecule has 1 aliphatic heterocycles. The van der Waals surface area contributed by atoms with Gasteiger partial charge in [0, 0.05) is 28.9 Å². The van der Waals surface area contributed by atoms with E-state index in [0.717, 1.165) is 12.4 Å². The van der Waals surface area contributed by atoms with Crippen LogP contribution in [-0.4, -0.2) is 36.1 Å². The van der Waals surface area contributed by atoms with Crippen LogP contribution < -0.4 is 5.32 Å². The maximum absolute atomic E-state index is 4.44. The number of rotatable bonds is 3. The first-order valence-corrected chi connectivity index (χ1v) is 6.99. The topological polar surface area (TPSA) is 28.2 Å². The van der Waals surface area contributed by atoms with Crippen molar-refractivity contribution in [3.8, 4) is 0 Å². The summed E-state index contributed by atoms with van der Waals surface area (Å²) in [5.41, 5.74) is 0. The summed E-state index contributed by atoms with van der Waals surface area (Å²) < 4.78 is 1.31. The number of hydrogen-bond donors (Lipinski definition) is 1. The minimum absolute atomic E-state index is 0.658. The van der Waals surface area contributed by atoms with E-state index in [9.17, 15) is 0 Å². The SMILES string of the molecule is CN1CCCC1CNc1nccc2sccc12. The van der Waals surface area contributed by atoms with E-state index in [1.165, 1.54) is 29.5 Å². The van der Waals surface area contributed by atoms with Gasteiger partial charge < -0.3 is 10.2 Å². The van der Waals surface area contributed by atoms with Gasteiger partial charge in [0.05, 0.1) is 0 Å². The molecule has 0 aromatic carbocycles. The smallest absolute Gasteiger partial charge is 0.134 e. The van der Waals surface area contributed by atoms with Crippen molar-refractivity contribution < 1.29 is 0 Å². The van der Waals surface area contributed by atoms with Gasteiger partial charge in [-0.3, -0.25) is 0 Å². The molecule has 1 atom stereocenters. The van der Waals surface area contributed by atoms with E-state index in [0.29, 0.717) is 6.04 Å². The molecular weight excluding hydrogens is 230 g/mol. The van der Waals surface area contributed by atoms with Crippen molar-refractivity contribution in [1.29, 1.82) is 0 Å². The average Bonchev–Trinajstić information content (AvgIpc) is 2.95. The molecule has 1 N–H and O–H groups in total. The van der Waals surface area contributed by atoms with Crippen LogP contribution in [0, 0.1) is 0 Å². The predicted octanol–water partition coefficient (Wildman–Crippen LogP) is 2.80. The Hall–Kier alpha value is -1.13. The number of likely N-dealkylation sites (tertiary alicyclic amines) is 1. The number of likely N-dealkylation sites (N-methyl/N-ethyl adjacent to an activating group) is 1. The van der Waals surface area contributed by atoms with Crippen molar-refractivity contribution in [1.82, 2.24) is 9.88 Å². The zero-order valence-electron chi connectivity index (χ0n) is 10.0. The normalized spacial score (nSPS) is 21.1. The van der Waals surface area contributed by atoms with Gasteiger partial charge in [-0.05, 0) is 43.9 Å². The van der Waals surface area contributed by atoms with Gasteiger partial charge in [-0.1, -0.05) is 0 Å². The number of thiophene rings is 1. The zero-order chi connectivity index (χ0) is 11.7. The lowest BCUT2D eigenvalue weighted by molar-refractivity contribution is 0.322. The van der Waals surface area contributed by atoms with Crippen LogP contribution in [0.4, 0.5) is 5.82 Å². The van der Waals surface area contributed by atoms with Gasteiger partial charge in [-0.25, -0.2) is 4.98 Å². The Labute approximate surface area is 105 Å². The monoisotopic (exact) mass is 247 g/mol. The molecule has 1 unspecified atom stereocenters. The molecule has 90 valence electrons. The average molecular weight is 247 g/mol. The van der Waals surface area contributed by atoms with Gasteiger partial charge in [0.1, 0.15) is 5.82 Å². The van der Waals surface area contributed by atoms with Crippen molar-refractivity contribution in [2.45, 2.75) is 18.9 Å². The molecule has 0 spiro atoms. The van der Waals surface area contributed by atoms with E-state index >= 15 is 0 Å². The third-order valence-corrected chi connectivity index (χ3v) is 4.44. The standard InChI is InChI=1S/C13H17N3S/c1-16-7-2-3-10(16)9-15-13-11-5-8-17-12(11)4-6-14-13/h4-6,8,10H,2-3,7,9H2,1H3,(H,14,15). The second-order valence-electron chi connectivity index (χ2n) is 4.65. The molecule has 3 nitrogen and oxygen atoms in total. The Morgan fingerprint density at radius 1 is 1.53 bits per heavy atom. The fourth-order valence-corrected chi connectivity index (χ4v) is 3.27. The van der Waals surface area contributed by atoms with Crippen LogP contribution in [0.1, 0.15) is 12.8 Å². The van der Waals surface area contributed by atoms with Crippen molar-refractivity contribution >= 4 is 27.2 Å². The summed E-state index contributed by atoms with van der Waals surface area (Å²) in [6.07, 6.45) is 4.50. The van der Waals surface area contributed by atoms with Gasteiger partial charge in [0.15, 0.2) is 0 Å². The highest BCUT2D eigenvalue weighted by Gasteiger charge is 2.20. The molecule has 2 aromatic heterocycles. The molecular formula is C13H17N3S. The fourth-order valence-electron chi connectivity index (χ4n) is 2.49. The Morgan fingerprint density at radius 2 is 2.47 bits per heavy atom. The van der Waals surface area contributed by atoms with Crippen LogP contribution in [0.5, 0.6) is 0 Å². The number of hydrogen-bond acceptors (Lipinski definition) is 4. The van der Waals surface area contributed by atoms with E-state index in [1.54, 1.807) is 11.3 Å². The summed E-state index contributed by atoms with van der Waals surface area (Å²) in [5, 5.41) is 6.87. The van der Waals surface area contributed by atoms with Crippen LogP contribution in [-0.2, 0) is 0 Å². The maximum Gasteiger partial charge on any atom is 0.134 e. The highest BCUT2D eigenvalue weighted by atomic mass is 32.1. The number of aromatic nitrogens is 1. The van der Waals surface area contributed by atoms with Crippen molar-refractivity contribution in [3.05, 3.63) is 23.7 Å². The molecule has 0 saturated carbocycles. The van der Waals surface area contributed by atoms with Crippen LogP contribution >= 0.6 is 11.3 Å². The molecule has 3 rings (SSSR count). The second-order valence-corrected chi connectivity index (χ2v) is 5.60. The Morgan fingerprint density at radius 3 is 3.29 bits per heavy atom. The number of pyridine rings is 1. The van der Waals surface area contributed by atoms with Gasteiger partial charge in [0.25, 0.3) is 0 Å². The molecule has 2 aromatic rings. The first kappa shape index (κ1) is 11.0. The van der Waals surface area contributed by atoms with Gasteiger partial charge in [-0.15, -0.1) is 11.3 Å². The summed E-state index contributed by atoms with van der Waals surface area (Å²) in [4.78, 5) is 6.87. The van der Waals surface area contributed by atoms with Gasteiger partial charge in [0.2, 0.25) is 0 Å². The minimum atomic E-state index is 0.658. The lowest BCUT2D eigenvalue weighted by Gasteiger charge is -2.20. The maximum atomic E-state index is 4.44. The van der Waals surface area contributed by atoms with Crippen molar-refractivity contribution in [2.75, 3.05) is 25.5 Å². The highest BCUT2D eigenvalue weighted by Crippen LogP contribution is 2.26. The molecule has 1 aliphatic rings. The van der Waals surface area contributed by atoms with E-state index in [2.05, 4.69) is 39.8 Å². The van der Waals surface area contributed by atoms with Crippen LogP contribution in [0.2, 0.25) is 0 Å². The van der Waals surface area contributed by atoms with Crippen molar-refractivity contribution in [2.24, 2.45) is 0 Å². The molecule has 0 radical (unpaired) electrons. The molecule has 1 fully saturated rings.